The number of benzene rings is 2. The molecule has 0 aliphatic carbocycles. The monoisotopic (exact) mass is 343 g/mol. The molecule has 0 aliphatic heterocycles. The number of aromatic amines is 1. The summed E-state index contributed by atoms with van der Waals surface area (Å²) in [6, 6.07) is 15.5. The van der Waals surface area contributed by atoms with Gasteiger partial charge in [0.05, 0.1) is 17.1 Å². The van der Waals surface area contributed by atoms with Crippen molar-refractivity contribution in [1.29, 1.82) is 0 Å². The number of H-pyrrole nitrogens is 1. The van der Waals surface area contributed by atoms with Gasteiger partial charge in [0, 0.05) is 5.02 Å². The SMILES string of the molecule is Cl.Cl.N[C@H](Cc1ccc(Cl)cc1)c1nc2ccccc2[nH]1. The normalized spacial score (nSPS) is 11.5. The van der Waals surface area contributed by atoms with E-state index in [0.717, 1.165) is 33.9 Å². The predicted molar refractivity (Wildman–Crippen MR) is 92.7 cm³/mol. The van der Waals surface area contributed by atoms with Crippen LogP contribution in [-0.4, -0.2) is 9.97 Å². The number of imidazole rings is 1. The number of hydrogen-bond acceptors (Lipinski definition) is 2. The highest BCUT2D eigenvalue weighted by Gasteiger charge is 2.11. The zero-order chi connectivity index (χ0) is 13.2. The fourth-order valence-electron chi connectivity index (χ4n) is 2.12. The molecule has 0 saturated heterocycles. The number of nitrogens with zero attached hydrogens (tertiary/aromatic N) is 1. The Bertz CT molecular complexity index is 662. The van der Waals surface area contributed by atoms with E-state index in [2.05, 4.69) is 9.97 Å². The summed E-state index contributed by atoms with van der Waals surface area (Å²) in [6.07, 6.45) is 0.733. The van der Waals surface area contributed by atoms with Crippen molar-refractivity contribution in [1.82, 2.24) is 9.97 Å². The van der Waals surface area contributed by atoms with Crippen LogP contribution in [-0.2, 0) is 6.42 Å². The van der Waals surface area contributed by atoms with Crippen molar-refractivity contribution < 1.29 is 0 Å². The maximum atomic E-state index is 6.20. The Hall–Kier alpha value is -1.26. The largest absolute Gasteiger partial charge is 0.341 e. The van der Waals surface area contributed by atoms with Gasteiger partial charge in [-0.25, -0.2) is 4.98 Å². The molecule has 0 saturated carbocycles. The van der Waals surface area contributed by atoms with E-state index >= 15 is 0 Å². The van der Waals surface area contributed by atoms with Gasteiger partial charge >= 0.3 is 0 Å². The topological polar surface area (TPSA) is 54.7 Å². The molecule has 2 aromatic carbocycles. The van der Waals surface area contributed by atoms with E-state index in [-0.39, 0.29) is 30.9 Å². The first-order valence-electron chi connectivity index (χ1n) is 6.17. The molecule has 0 fully saturated rings. The van der Waals surface area contributed by atoms with Crippen LogP contribution in [0.3, 0.4) is 0 Å². The third-order valence-electron chi connectivity index (χ3n) is 3.13. The van der Waals surface area contributed by atoms with Crippen LogP contribution < -0.4 is 5.73 Å². The summed E-state index contributed by atoms with van der Waals surface area (Å²) >= 11 is 5.87. The lowest BCUT2D eigenvalue weighted by Gasteiger charge is -2.08. The molecular weight excluding hydrogens is 329 g/mol. The minimum Gasteiger partial charge on any atom is -0.341 e. The van der Waals surface area contributed by atoms with Crippen LogP contribution in [0.2, 0.25) is 5.02 Å². The van der Waals surface area contributed by atoms with Gasteiger partial charge in [-0.3, -0.25) is 0 Å². The van der Waals surface area contributed by atoms with Crippen molar-refractivity contribution in [2.24, 2.45) is 5.73 Å². The Kier molecular flexibility index (Phi) is 6.49. The van der Waals surface area contributed by atoms with Gasteiger partial charge in [0.15, 0.2) is 0 Å². The molecule has 0 aliphatic rings. The molecule has 3 N–H and O–H groups in total. The van der Waals surface area contributed by atoms with Crippen molar-refractivity contribution in [2.75, 3.05) is 0 Å². The van der Waals surface area contributed by atoms with Crippen LogP contribution in [0.5, 0.6) is 0 Å². The first kappa shape index (κ1) is 17.8. The van der Waals surface area contributed by atoms with Crippen LogP contribution >= 0.6 is 36.4 Å². The molecule has 1 atom stereocenters. The van der Waals surface area contributed by atoms with Crippen molar-refractivity contribution in [3.8, 4) is 0 Å². The van der Waals surface area contributed by atoms with E-state index in [4.69, 9.17) is 17.3 Å². The number of nitrogens with two attached hydrogens (primary N) is 1. The highest BCUT2D eigenvalue weighted by molar-refractivity contribution is 6.30. The minimum absolute atomic E-state index is 0. The van der Waals surface area contributed by atoms with Crippen LogP contribution in [0.4, 0.5) is 0 Å². The van der Waals surface area contributed by atoms with Crippen LogP contribution in [0.1, 0.15) is 17.4 Å². The Morgan fingerprint density at radius 1 is 1.05 bits per heavy atom. The average Bonchev–Trinajstić information content (AvgIpc) is 2.85. The Balaban J connectivity index is 0.00000110. The van der Waals surface area contributed by atoms with E-state index in [0.29, 0.717) is 0 Å². The minimum atomic E-state index is -0.145. The van der Waals surface area contributed by atoms with Gasteiger partial charge in [-0.2, -0.15) is 0 Å². The maximum absolute atomic E-state index is 6.20. The summed E-state index contributed by atoms with van der Waals surface area (Å²) < 4.78 is 0. The van der Waals surface area contributed by atoms with Crippen molar-refractivity contribution >= 4 is 47.4 Å². The third kappa shape index (κ3) is 4.11. The lowest BCUT2D eigenvalue weighted by atomic mass is 10.1. The van der Waals surface area contributed by atoms with Crippen molar-refractivity contribution in [3.05, 3.63) is 64.9 Å². The molecule has 112 valence electrons. The average molecular weight is 345 g/mol. The summed E-state index contributed by atoms with van der Waals surface area (Å²) in [5.41, 5.74) is 9.32. The highest BCUT2D eigenvalue weighted by atomic mass is 35.5. The van der Waals surface area contributed by atoms with E-state index in [9.17, 15) is 0 Å². The number of hydrogen-bond donors (Lipinski definition) is 2. The summed E-state index contributed by atoms with van der Waals surface area (Å²) in [5.74, 6) is 0.816. The second-order valence-corrected chi connectivity index (χ2v) is 5.01. The van der Waals surface area contributed by atoms with E-state index in [1.54, 1.807) is 0 Å². The van der Waals surface area contributed by atoms with Gasteiger partial charge in [-0.15, -0.1) is 24.8 Å². The van der Waals surface area contributed by atoms with Crippen LogP contribution in [0, 0.1) is 0 Å². The molecule has 0 bridgehead atoms. The number of aromatic nitrogens is 2. The van der Waals surface area contributed by atoms with Crippen LogP contribution in [0.25, 0.3) is 11.0 Å². The van der Waals surface area contributed by atoms with E-state index in [1.165, 1.54) is 0 Å². The number of para-hydroxylation sites is 2. The second-order valence-electron chi connectivity index (χ2n) is 4.58. The van der Waals surface area contributed by atoms with Crippen molar-refractivity contribution in [3.63, 3.8) is 0 Å². The van der Waals surface area contributed by atoms with Gasteiger partial charge in [0.1, 0.15) is 5.82 Å². The van der Waals surface area contributed by atoms with Gasteiger partial charge in [0.2, 0.25) is 0 Å². The molecule has 0 amide bonds. The summed E-state index contributed by atoms with van der Waals surface area (Å²) in [6.45, 7) is 0. The molecule has 3 nitrogen and oxygen atoms in total. The molecular formula is C15H16Cl3N3. The molecule has 3 aromatic rings. The van der Waals surface area contributed by atoms with Gasteiger partial charge in [-0.1, -0.05) is 35.9 Å². The van der Waals surface area contributed by atoms with Gasteiger partial charge < -0.3 is 10.7 Å². The smallest absolute Gasteiger partial charge is 0.124 e. The second kappa shape index (κ2) is 7.66. The lowest BCUT2D eigenvalue weighted by molar-refractivity contribution is 0.680. The molecule has 1 aromatic heterocycles. The Morgan fingerprint density at radius 3 is 2.38 bits per heavy atom. The van der Waals surface area contributed by atoms with E-state index in [1.807, 2.05) is 48.5 Å². The highest BCUT2D eigenvalue weighted by Crippen LogP contribution is 2.18. The quantitative estimate of drug-likeness (QED) is 0.744. The summed E-state index contributed by atoms with van der Waals surface area (Å²) in [7, 11) is 0. The number of fused-ring (bicyclic) bond motifs is 1. The predicted octanol–water partition coefficient (Wildman–Crippen LogP) is 4.30. The number of halogens is 3. The zero-order valence-electron chi connectivity index (χ0n) is 11.1. The maximum Gasteiger partial charge on any atom is 0.124 e. The van der Waals surface area contributed by atoms with Crippen LogP contribution in [0.15, 0.2) is 48.5 Å². The summed E-state index contributed by atoms with van der Waals surface area (Å²) in [5, 5.41) is 0.737. The molecule has 0 radical (unpaired) electrons. The first-order chi connectivity index (χ1) is 9.22. The first-order valence-corrected chi connectivity index (χ1v) is 6.55. The molecule has 1 heterocycles. The van der Waals surface area contributed by atoms with E-state index < -0.39 is 0 Å². The van der Waals surface area contributed by atoms with Gasteiger partial charge in [0.25, 0.3) is 0 Å². The standard InChI is InChI=1S/C15H14ClN3.2ClH/c16-11-7-5-10(6-8-11)9-12(17)15-18-13-3-1-2-4-14(13)19-15;;/h1-8,12H,9,17H2,(H,18,19);2*1H/t12-;;/m1../s1. The number of nitrogens with one attached hydrogen (secondary N) is 1. The zero-order valence-corrected chi connectivity index (χ0v) is 13.5. The molecule has 6 heteroatoms. The fourth-order valence-corrected chi connectivity index (χ4v) is 2.25. The Morgan fingerprint density at radius 2 is 1.71 bits per heavy atom. The number of rotatable bonds is 3. The fraction of sp³-hybridized carbons (Fsp3) is 0.133. The molecule has 3 rings (SSSR count). The van der Waals surface area contributed by atoms with Gasteiger partial charge in [-0.05, 0) is 36.2 Å². The summed E-state index contributed by atoms with van der Waals surface area (Å²) in [4.78, 5) is 7.78. The Labute approximate surface area is 140 Å². The third-order valence-corrected chi connectivity index (χ3v) is 3.38. The molecule has 21 heavy (non-hydrogen) atoms. The van der Waals surface area contributed by atoms with Crippen molar-refractivity contribution in [2.45, 2.75) is 12.5 Å². The molecule has 0 unspecified atom stereocenters. The lowest BCUT2D eigenvalue weighted by Crippen LogP contribution is -2.14. The molecule has 0 spiro atoms.